The number of rotatable bonds is 1. The third kappa shape index (κ3) is 1.32. The molecule has 0 saturated carbocycles. The van der Waals surface area contributed by atoms with Crippen molar-refractivity contribution in [1.82, 2.24) is 0 Å². The number of benzene rings is 1. The molecular weight excluding hydrogens is 229 g/mol. The molecule has 3 nitrogen and oxygen atoms in total. The predicted molar refractivity (Wildman–Crippen MR) is 46.7 cm³/mol. The zero-order chi connectivity index (χ0) is 9.30. The van der Waals surface area contributed by atoms with Crippen LogP contribution in [0.15, 0.2) is 10.5 Å². The molecule has 0 unspecified atom stereocenters. The summed E-state index contributed by atoms with van der Waals surface area (Å²) in [6, 6.07) is 1.37. The maximum atomic E-state index is 13.0. The number of methoxy groups -OCH3 is 1. The molecule has 66 valence electrons. The van der Waals surface area contributed by atoms with Crippen LogP contribution in [0.2, 0.25) is 0 Å². The quantitative estimate of drug-likeness (QED) is 0.578. The lowest BCUT2D eigenvalue weighted by atomic mass is 10.2. The van der Waals surface area contributed by atoms with Gasteiger partial charge in [0.1, 0.15) is 0 Å². The molecule has 1 aromatic rings. The lowest BCUT2D eigenvalue weighted by Gasteiger charge is -2.07. The van der Waals surface area contributed by atoms with Gasteiger partial charge in [0.25, 0.3) is 0 Å². The number of anilines is 1. The van der Waals surface area contributed by atoms with Gasteiger partial charge in [-0.25, -0.2) is 0 Å². The van der Waals surface area contributed by atoms with Crippen molar-refractivity contribution in [3.8, 4) is 11.5 Å². The SMILES string of the molecule is COc1c(N)cc(Br)c(O)c1F. The van der Waals surface area contributed by atoms with Crippen LogP contribution in [0, 0.1) is 5.82 Å². The first-order valence-electron chi connectivity index (χ1n) is 3.08. The summed E-state index contributed by atoms with van der Waals surface area (Å²) in [4.78, 5) is 0. The molecule has 12 heavy (non-hydrogen) atoms. The van der Waals surface area contributed by atoms with Gasteiger partial charge >= 0.3 is 0 Å². The summed E-state index contributed by atoms with van der Waals surface area (Å²) in [5.41, 5.74) is 5.53. The van der Waals surface area contributed by atoms with E-state index in [0.717, 1.165) is 0 Å². The highest BCUT2D eigenvalue weighted by molar-refractivity contribution is 9.10. The number of phenolic OH excluding ortho intramolecular Hbond substituents is 1. The Bertz CT molecular complexity index is 317. The van der Waals surface area contributed by atoms with E-state index in [4.69, 9.17) is 10.8 Å². The fraction of sp³-hybridized carbons (Fsp3) is 0.143. The number of aromatic hydroxyl groups is 1. The minimum atomic E-state index is -0.857. The summed E-state index contributed by atoms with van der Waals surface area (Å²) in [6.45, 7) is 0. The van der Waals surface area contributed by atoms with Gasteiger partial charge in [-0.15, -0.1) is 0 Å². The number of hydrogen-bond donors (Lipinski definition) is 2. The molecule has 0 radical (unpaired) electrons. The lowest BCUT2D eigenvalue weighted by molar-refractivity contribution is 0.365. The van der Waals surface area contributed by atoms with E-state index in [9.17, 15) is 4.39 Å². The van der Waals surface area contributed by atoms with Crippen molar-refractivity contribution in [1.29, 1.82) is 0 Å². The lowest BCUT2D eigenvalue weighted by Crippen LogP contribution is -1.96. The summed E-state index contributed by atoms with van der Waals surface area (Å²) >= 11 is 2.93. The Morgan fingerprint density at radius 3 is 2.75 bits per heavy atom. The van der Waals surface area contributed by atoms with Crippen LogP contribution < -0.4 is 10.5 Å². The van der Waals surface area contributed by atoms with Crippen molar-refractivity contribution in [3.63, 3.8) is 0 Å². The first kappa shape index (κ1) is 9.12. The molecule has 3 N–H and O–H groups in total. The zero-order valence-corrected chi connectivity index (χ0v) is 7.85. The Balaban J connectivity index is 3.40. The van der Waals surface area contributed by atoms with Crippen LogP contribution >= 0.6 is 15.9 Å². The summed E-state index contributed by atoms with van der Waals surface area (Å²) in [6.07, 6.45) is 0. The molecule has 5 heteroatoms. The zero-order valence-electron chi connectivity index (χ0n) is 6.27. The van der Waals surface area contributed by atoms with Gasteiger partial charge in [-0.3, -0.25) is 0 Å². The van der Waals surface area contributed by atoms with Crippen LogP contribution in [0.25, 0.3) is 0 Å². The van der Waals surface area contributed by atoms with Gasteiger partial charge in [0.15, 0.2) is 11.5 Å². The second-order valence-electron chi connectivity index (χ2n) is 2.14. The second kappa shape index (κ2) is 3.18. The van der Waals surface area contributed by atoms with Crippen LogP contribution in [0.5, 0.6) is 11.5 Å². The fourth-order valence-electron chi connectivity index (χ4n) is 0.817. The highest BCUT2D eigenvalue weighted by Gasteiger charge is 2.15. The van der Waals surface area contributed by atoms with E-state index in [2.05, 4.69) is 20.7 Å². The van der Waals surface area contributed by atoms with Crippen LogP contribution in [0.4, 0.5) is 10.1 Å². The van der Waals surface area contributed by atoms with E-state index in [0.29, 0.717) is 0 Å². The number of nitrogen functional groups attached to an aromatic ring is 1. The molecule has 0 aliphatic heterocycles. The Kier molecular flexibility index (Phi) is 2.42. The first-order valence-corrected chi connectivity index (χ1v) is 3.87. The second-order valence-corrected chi connectivity index (χ2v) is 3.00. The Morgan fingerprint density at radius 1 is 1.67 bits per heavy atom. The fourth-order valence-corrected chi connectivity index (χ4v) is 1.24. The molecule has 0 bridgehead atoms. The van der Waals surface area contributed by atoms with E-state index in [1.807, 2.05) is 0 Å². The number of ether oxygens (including phenoxy) is 1. The van der Waals surface area contributed by atoms with Gasteiger partial charge in [-0.2, -0.15) is 4.39 Å². The van der Waals surface area contributed by atoms with Crippen molar-refractivity contribution in [2.24, 2.45) is 0 Å². The maximum Gasteiger partial charge on any atom is 0.209 e. The van der Waals surface area contributed by atoms with Crippen molar-refractivity contribution < 1.29 is 14.2 Å². The van der Waals surface area contributed by atoms with Crippen molar-refractivity contribution in [2.45, 2.75) is 0 Å². The number of phenols is 1. The molecule has 0 saturated heterocycles. The van der Waals surface area contributed by atoms with E-state index >= 15 is 0 Å². The monoisotopic (exact) mass is 235 g/mol. The largest absolute Gasteiger partial charge is 0.504 e. The predicted octanol–water partition coefficient (Wildman–Crippen LogP) is 1.88. The average Bonchev–Trinajstić information content (AvgIpc) is 2.01. The highest BCUT2D eigenvalue weighted by Crippen LogP contribution is 2.37. The molecule has 0 spiro atoms. The van der Waals surface area contributed by atoms with Crippen LogP contribution in [0.3, 0.4) is 0 Å². The summed E-state index contributed by atoms with van der Waals surface area (Å²) in [5.74, 6) is -1.50. The van der Waals surface area contributed by atoms with Gasteiger partial charge in [-0.05, 0) is 22.0 Å². The van der Waals surface area contributed by atoms with E-state index in [1.54, 1.807) is 0 Å². The topological polar surface area (TPSA) is 55.5 Å². The van der Waals surface area contributed by atoms with Crippen molar-refractivity contribution in [2.75, 3.05) is 12.8 Å². The van der Waals surface area contributed by atoms with Gasteiger partial charge in [0.05, 0.1) is 17.3 Å². The molecular formula is C7H7BrFNO2. The van der Waals surface area contributed by atoms with Gasteiger partial charge < -0.3 is 15.6 Å². The summed E-state index contributed by atoms with van der Waals surface area (Å²) in [5, 5.41) is 9.09. The molecule has 1 rings (SSSR count). The molecule has 0 aromatic heterocycles. The van der Waals surface area contributed by atoms with Crippen molar-refractivity contribution >= 4 is 21.6 Å². The molecule has 0 atom stereocenters. The van der Waals surface area contributed by atoms with Gasteiger partial charge in [0, 0.05) is 0 Å². The number of nitrogens with two attached hydrogens (primary N) is 1. The van der Waals surface area contributed by atoms with E-state index < -0.39 is 11.6 Å². The standard InChI is InChI=1S/C7H7BrFNO2/c1-12-7-4(10)2-3(8)6(11)5(7)9/h2,11H,10H2,1H3. The van der Waals surface area contributed by atoms with Gasteiger partial charge in [-0.1, -0.05) is 0 Å². The van der Waals surface area contributed by atoms with Gasteiger partial charge in [0.2, 0.25) is 5.82 Å². The molecule has 0 aliphatic rings. The molecule has 1 aromatic carbocycles. The van der Waals surface area contributed by atoms with Crippen LogP contribution in [-0.2, 0) is 0 Å². The van der Waals surface area contributed by atoms with Crippen molar-refractivity contribution in [3.05, 3.63) is 16.4 Å². The third-order valence-corrected chi connectivity index (χ3v) is 1.99. The Labute approximate surface area is 77.1 Å². The maximum absolute atomic E-state index is 13.0. The third-order valence-electron chi connectivity index (χ3n) is 1.38. The van der Waals surface area contributed by atoms with E-state index in [1.165, 1.54) is 13.2 Å². The first-order chi connectivity index (χ1) is 5.57. The van der Waals surface area contributed by atoms with Crippen LogP contribution in [-0.4, -0.2) is 12.2 Å². The minimum Gasteiger partial charge on any atom is -0.504 e. The highest BCUT2D eigenvalue weighted by atomic mass is 79.9. The molecule has 0 amide bonds. The minimum absolute atomic E-state index is 0.139. The molecule has 0 aliphatic carbocycles. The van der Waals surface area contributed by atoms with E-state index in [-0.39, 0.29) is 15.9 Å². The normalized spacial score (nSPS) is 9.92. The van der Waals surface area contributed by atoms with Crippen LogP contribution in [0.1, 0.15) is 0 Å². The Hall–Kier alpha value is -0.970. The molecule has 0 heterocycles. The number of halogens is 2. The average molecular weight is 236 g/mol. The number of hydrogen-bond acceptors (Lipinski definition) is 3. The Morgan fingerprint density at radius 2 is 2.25 bits per heavy atom. The summed E-state index contributed by atoms with van der Waals surface area (Å²) in [7, 11) is 1.28. The molecule has 0 fully saturated rings. The summed E-state index contributed by atoms with van der Waals surface area (Å²) < 4.78 is 17.9. The smallest absolute Gasteiger partial charge is 0.209 e.